The minimum absolute atomic E-state index is 0.0607. The largest absolute Gasteiger partial charge is 0.507 e. The van der Waals surface area contributed by atoms with Crippen LogP contribution in [-0.4, -0.2) is 51.1 Å². The van der Waals surface area contributed by atoms with E-state index in [4.69, 9.17) is 28.9 Å². The molecular formula is C23H16Cl2N6O8S2. The summed E-state index contributed by atoms with van der Waals surface area (Å²) >= 11 is 11.6. The first-order valence-electron chi connectivity index (χ1n) is 11.0. The minimum atomic E-state index is -4.94. The van der Waals surface area contributed by atoms with E-state index in [0.29, 0.717) is 0 Å². The van der Waals surface area contributed by atoms with Gasteiger partial charge in [-0.25, -0.2) is 0 Å². The highest BCUT2D eigenvalue weighted by Gasteiger charge is 2.26. The van der Waals surface area contributed by atoms with Gasteiger partial charge in [0.25, 0.3) is 20.2 Å². The molecule has 8 N–H and O–H groups in total. The van der Waals surface area contributed by atoms with E-state index in [0.717, 1.165) is 12.1 Å². The van der Waals surface area contributed by atoms with Gasteiger partial charge in [-0.2, -0.15) is 31.8 Å². The zero-order chi connectivity index (χ0) is 29.9. The van der Waals surface area contributed by atoms with Gasteiger partial charge in [0.2, 0.25) is 16.5 Å². The van der Waals surface area contributed by atoms with Crippen LogP contribution in [0.2, 0.25) is 10.6 Å². The van der Waals surface area contributed by atoms with Crippen LogP contribution in [0.3, 0.4) is 0 Å². The topological polar surface area (TPSA) is 238 Å². The molecule has 18 heteroatoms. The van der Waals surface area contributed by atoms with Gasteiger partial charge in [-0.05, 0) is 47.5 Å². The smallest absolute Gasteiger partial charge is 0.296 e. The second-order valence-corrected chi connectivity index (χ2v) is 11.9. The molecule has 5 rings (SSSR count). The first-order chi connectivity index (χ1) is 19.1. The van der Waals surface area contributed by atoms with Crippen LogP contribution in [0.1, 0.15) is 0 Å². The number of aromatic hydroxyl groups is 2. The van der Waals surface area contributed by atoms with E-state index in [-0.39, 0.29) is 60.9 Å². The molecular weight excluding hydrogens is 623 g/mol. The van der Waals surface area contributed by atoms with Crippen molar-refractivity contribution in [1.82, 2.24) is 15.0 Å². The van der Waals surface area contributed by atoms with Gasteiger partial charge < -0.3 is 26.6 Å². The summed E-state index contributed by atoms with van der Waals surface area (Å²) in [6.07, 6.45) is 0. The number of hydrogen-bond donors (Lipinski definition) is 7. The van der Waals surface area contributed by atoms with Crippen LogP contribution in [0.4, 0.5) is 28.7 Å². The van der Waals surface area contributed by atoms with E-state index < -0.39 is 41.5 Å². The third-order valence-electron chi connectivity index (χ3n) is 5.88. The van der Waals surface area contributed by atoms with Crippen LogP contribution in [0.5, 0.6) is 11.5 Å². The van der Waals surface area contributed by atoms with Crippen molar-refractivity contribution in [2.24, 2.45) is 0 Å². The molecule has 0 unspecified atom stereocenters. The Hall–Kier alpha value is -4.19. The fourth-order valence-corrected chi connectivity index (χ4v) is 5.87. The van der Waals surface area contributed by atoms with Gasteiger partial charge in [0.05, 0.1) is 27.8 Å². The van der Waals surface area contributed by atoms with Crippen LogP contribution in [0.15, 0.2) is 58.3 Å². The van der Waals surface area contributed by atoms with Gasteiger partial charge in [0.15, 0.2) is 0 Å². The summed E-state index contributed by atoms with van der Waals surface area (Å²) in [5.41, 5.74) is 5.15. The van der Waals surface area contributed by atoms with E-state index in [9.17, 15) is 36.2 Å². The van der Waals surface area contributed by atoms with Crippen molar-refractivity contribution in [2.75, 3.05) is 16.4 Å². The highest BCUT2D eigenvalue weighted by Crippen LogP contribution is 2.49. The number of hydrogen-bond acceptors (Lipinski definition) is 12. The van der Waals surface area contributed by atoms with Crippen molar-refractivity contribution in [3.05, 3.63) is 59.1 Å². The van der Waals surface area contributed by atoms with Gasteiger partial charge in [-0.15, -0.1) is 0 Å². The number of fused-ring (bicyclic) bond motifs is 2. The normalized spacial score (nSPS) is 12.1. The van der Waals surface area contributed by atoms with Gasteiger partial charge in [-0.1, -0.05) is 24.3 Å². The van der Waals surface area contributed by atoms with Crippen LogP contribution >= 0.6 is 23.2 Å². The number of phenolic OH excluding ortho intramolecular Hbond substituents is 2. The van der Waals surface area contributed by atoms with Crippen LogP contribution in [0, 0.1) is 0 Å². The zero-order valence-corrected chi connectivity index (χ0v) is 23.2. The molecule has 0 spiro atoms. The molecule has 0 fully saturated rings. The predicted octanol–water partition coefficient (Wildman–Crippen LogP) is 4.46. The molecule has 0 aliphatic rings. The SMILES string of the molecule is Nc1c(S(=O)(=O)O)cc(Nc2ccc(S(=O)(=O)O)c(Nc3nc(Cl)nc(Cl)n3)c2)c2c(O)c3ccccc3c(O)c12. The lowest BCUT2D eigenvalue weighted by Crippen LogP contribution is -2.08. The average Bonchev–Trinajstić information content (AvgIpc) is 2.86. The molecule has 4 aromatic carbocycles. The zero-order valence-electron chi connectivity index (χ0n) is 20.0. The molecule has 0 saturated heterocycles. The lowest BCUT2D eigenvalue weighted by Gasteiger charge is -2.19. The quantitative estimate of drug-likeness (QED) is 0.0588. The number of nitrogens with two attached hydrogens (primary N) is 1. The van der Waals surface area contributed by atoms with Crippen molar-refractivity contribution in [1.29, 1.82) is 0 Å². The third kappa shape index (κ3) is 5.31. The summed E-state index contributed by atoms with van der Waals surface area (Å²) in [4.78, 5) is 9.77. The molecule has 0 atom stereocenters. The van der Waals surface area contributed by atoms with Gasteiger partial charge in [0.1, 0.15) is 21.3 Å². The lowest BCUT2D eigenvalue weighted by molar-refractivity contribution is 0.477. The Balaban J connectivity index is 1.75. The molecule has 1 aromatic heterocycles. The molecule has 0 aliphatic heterocycles. The highest BCUT2D eigenvalue weighted by molar-refractivity contribution is 7.86. The second-order valence-electron chi connectivity index (χ2n) is 8.44. The molecule has 0 amide bonds. The lowest BCUT2D eigenvalue weighted by atomic mass is 9.98. The van der Waals surface area contributed by atoms with E-state index in [1.807, 2.05) is 0 Å². The number of rotatable bonds is 6. The average molecular weight is 639 g/mol. The summed E-state index contributed by atoms with van der Waals surface area (Å²) in [5.74, 6) is -1.13. The number of nitrogen functional groups attached to an aromatic ring is 1. The van der Waals surface area contributed by atoms with Crippen molar-refractivity contribution in [3.8, 4) is 11.5 Å². The van der Waals surface area contributed by atoms with Crippen LogP contribution < -0.4 is 16.4 Å². The predicted molar refractivity (Wildman–Crippen MR) is 152 cm³/mol. The van der Waals surface area contributed by atoms with E-state index >= 15 is 0 Å². The number of phenols is 2. The Kier molecular flexibility index (Phi) is 6.93. The standard InChI is InChI=1S/C23H16Cl2N6O8S2/c24-21-29-22(25)31-23(30-21)28-12-7-9(5-6-14(12)40(34,35)36)27-13-8-15(41(37,38)39)18(26)17-16(13)19(32)10-3-1-2-4-11(10)20(17)33/h1-8,27,32-33H,26H2,(H,34,35,36)(H,37,38,39)(H,28,29,30,31). The second kappa shape index (κ2) is 10.0. The number of aromatic nitrogens is 3. The fraction of sp³-hybridized carbons (Fsp3) is 0. The van der Waals surface area contributed by atoms with Gasteiger partial charge in [0, 0.05) is 16.5 Å². The number of nitrogens with zero attached hydrogens (tertiary/aromatic N) is 3. The van der Waals surface area contributed by atoms with Crippen LogP contribution in [0.25, 0.3) is 21.5 Å². The van der Waals surface area contributed by atoms with E-state index in [2.05, 4.69) is 25.6 Å². The maximum absolute atomic E-state index is 12.2. The summed E-state index contributed by atoms with van der Waals surface area (Å²) in [7, 11) is -9.73. The van der Waals surface area contributed by atoms with Gasteiger partial charge >= 0.3 is 0 Å². The molecule has 0 radical (unpaired) electrons. The summed E-state index contributed by atoms with van der Waals surface area (Å²) in [5, 5.41) is 26.9. The third-order valence-corrected chi connectivity index (χ3v) is 8.03. The molecule has 0 bridgehead atoms. The summed E-state index contributed by atoms with van der Waals surface area (Å²) in [6.45, 7) is 0. The first kappa shape index (κ1) is 28.3. The summed E-state index contributed by atoms with van der Waals surface area (Å²) < 4.78 is 68.0. The van der Waals surface area contributed by atoms with E-state index in [1.54, 1.807) is 12.1 Å². The molecule has 41 heavy (non-hydrogen) atoms. The number of nitrogens with one attached hydrogen (secondary N) is 2. The summed E-state index contributed by atoms with van der Waals surface area (Å²) in [6, 6.07) is 10.5. The Bertz CT molecular complexity index is 2110. The maximum atomic E-state index is 12.2. The first-order valence-corrected chi connectivity index (χ1v) is 14.7. The maximum Gasteiger partial charge on any atom is 0.296 e. The molecule has 0 saturated carbocycles. The van der Waals surface area contributed by atoms with Crippen LogP contribution in [-0.2, 0) is 20.2 Å². The molecule has 14 nitrogen and oxygen atoms in total. The molecule has 1 heterocycles. The molecule has 0 aliphatic carbocycles. The Morgan fingerprint density at radius 1 is 0.707 bits per heavy atom. The fourth-order valence-electron chi connectivity index (χ4n) is 4.23. The molecule has 5 aromatic rings. The Morgan fingerprint density at radius 3 is 1.83 bits per heavy atom. The highest BCUT2D eigenvalue weighted by atomic mass is 35.5. The minimum Gasteiger partial charge on any atom is -0.507 e. The monoisotopic (exact) mass is 638 g/mol. The Morgan fingerprint density at radius 2 is 1.27 bits per heavy atom. The van der Waals surface area contributed by atoms with Crippen molar-refractivity contribution in [2.45, 2.75) is 9.79 Å². The van der Waals surface area contributed by atoms with Gasteiger partial charge in [-0.3, -0.25) is 9.11 Å². The Labute approximate surface area is 240 Å². The molecule has 212 valence electrons. The van der Waals surface area contributed by atoms with Crippen molar-refractivity contribution >= 4 is 93.7 Å². The number of halogens is 2. The van der Waals surface area contributed by atoms with E-state index in [1.165, 1.54) is 24.3 Å². The number of anilines is 5. The van der Waals surface area contributed by atoms with Crippen molar-refractivity contribution in [3.63, 3.8) is 0 Å². The van der Waals surface area contributed by atoms with Crippen molar-refractivity contribution < 1.29 is 36.2 Å². The number of benzene rings is 4.